The molecular formula is C30H31FN8O2. The van der Waals surface area contributed by atoms with Gasteiger partial charge in [-0.1, -0.05) is 6.07 Å². The van der Waals surface area contributed by atoms with Crippen LogP contribution in [-0.4, -0.2) is 36.8 Å². The number of amides is 2. The third kappa shape index (κ3) is 6.57. The highest BCUT2D eigenvalue weighted by Gasteiger charge is 2.21. The molecule has 0 aliphatic rings. The number of anilines is 3. The predicted octanol–water partition coefficient (Wildman–Crippen LogP) is 7.04. The molecule has 3 heterocycles. The minimum absolute atomic E-state index is 0.000594. The van der Waals surface area contributed by atoms with E-state index in [1.807, 2.05) is 52.8 Å². The van der Waals surface area contributed by atoms with Crippen LogP contribution in [0.25, 0.3) is 22.2 Å². The van der Waals surface area contributed by atoms with Gasteiger partial charge in [0, 0.05) is 47.7 Å². The van der Waals surface area contributed by atoms with Crippen LogP contribution in [0.2, 0.25) is 0 Å². The van der Waals surface area contributed by atoms with Crippen molar-refractivity contribution in [2.45, 2.75) is 46.2 Å². The van der Waals surface area contributed by atoms with Gasteiger partial charge < -0.3 is 20.7 Å². The fourth-order valence-corrected chi connectivity index (χ4v) is 4.08. The van der Waals surface area contributed by atoms with E-state index in [2.05, 4.69) is 30.9 Å². The summed E-state index contributed by atoms with van der Waals surface area (Å²) >= 11 is 0. The maximum Gasteiger partial charge on any atom is 0.323 e. The lowest BCUT2D eigenvalue weighted by Gasteiger charge is -2.18. The molecule has 0 spiro atoms. The Morgan fingerprint density at radius 3 is 2.51 bits per heavy atom. The largest absolute Gasteiger partial charge is 0.457 e. The Morgan fingerprint density at radius 1 is 0.976 bits per heavy atom. The van der Waals surface area contributed by atoms with Gasteiger partial charge >= 0.3 is 6.03 Å². The van der Waals surface area contributed by atoms with Crippen LogP contribution in [-0.2, 0) is 5.54 Å². The Hall–Kier alpha value is -5.06. The van der Waals surface area contributed by atoms with E-state index in [0.29, 0.717) is 22.9 Å². The molecule has 0 saturated carbocycles. The lowest BCUT2D eigenvalue weighted by molar-refractivity contribution is 0.262. The van der Waals surface area contributed by atoms with Crippen LogP contribution in [0.5, 0.6) is 11.5 Å². The Morgan fingerprint density at radius 2 is 1.76 bits per heavy atom. The molecular weight excluding hydrogens is 523 g/mol. The molecule has 3 aromatic heterocycles. The monoisotopic (exact) mass is 554 g/mol. The first-order valence-corrected chi connectivity index (χ1v) is 13.1. The van der Waals surface area contributed by atoms with Crippen molar-refractivity contribution in [1.29, 1.82) is 0 Å². The Kier molecular flexibility index (Phi) is 7.52. The second-order valence-corrected chi connectivity index (χ2v) is 10.8. The molecule has 0 aliphatic carbocycles. The summed E-state index contributed by atoms with van der Waals surface area (Å²) in [6, 6.07) is 12.9. The number of carbonyl (C=O) groups is 1. The van der Waals surface area contributed by atoms with Crippen molar-refractivity contribution in [2.75, 3.05) is 16.0 Å². The van der Waals surface area contributed by atoms with E-state index < -0.39 is 11.8 Å². The number of nitrogens with zero attached hydrogens (tertiary/aromatic N) is 5. The zero-order chi connectivity index (χ0) is 29.1. The molecule has 11 heteroatoms. The number of nitrogens with one attached hydrogen (secondary N) is 3. The molecule has 0 unspecified atom stereocenters. The highest BCUT2D eigenvalue weighted by molar-refractivity contribution is 6.02. The molecule has 210 valence electrons. The number of hydrogen-bond acceptors (Lipinski definition) is 7. The molecule has 5 aromatic rings. The maximum atomic E-state index is 15.0. The lowest BCUT2D eigenvalue weighted by Crippen LogP contribution is -2.22. The summed E-state index contributed by atoms with van der Waals surface area (Å²) in [6.07, 6.45) is 6.58. The molecule has 5 rings (SSSR count). The van der Waals surface area contributed by atoms with Crippen LogP contribution >= 0.6 is 0 Å². The molecule has 3 N–H and O–H groups in total. The van der Waals surface area contributed by atoms with Gasteiger partial charge in [0.05, 0.1) is 22.4 Å². The fraction of sp³-hybridized carbons (Fsp3) is 0.233. The topological polar surface area (TPSA) is 119 Å². The second-order valence-electron chi connectivity index (χ2n) is 10.8. The number of ether oxygens (including phenoxy) is 1. The summed E-state index contributed by atoms with van der Waals surface area (Å²) in [5.74, 6) is 0.792. The van der Waals surface area contributed by atoms with Gasteiger partial charge in [0.2, 0.25) is 0 Å². The maximum absolute atomic E-state index is 15.0. The number of benzene rings is 2. The van der Waals surface area contributed by atoms with Crippen molar-refractivity contribution in [3.8, 4) is 22.8 Å². The standard InChI is InChI=1S/C30H31FN8O2/c1-18(2)35-27-14-22(10-11-33-27)41-21-7-9-25(23(31)13-21)36-29(40)37-26-16-39(30(3,4)5)38-28(26)19-6-8-24-20(12-19)15-32-17-34-24/h6-18H,1-5H3,(H,33,35)(H2,36,37,40). The van der Waals surface area contributed by atoms with E-state index in [0.717, 1.165) is 16.5 Å². The summed E-state index contributed by atoms with van der Waals surface area (Å²) in [5.41, 5.74) is 2.27. The summed E-state index contributed by atoms with van der Waals surface area (Å²) in [6.45, 7) is 10.0. The Balaban J connectivity index is 1.33. The van der Waals surface area contributed by atoms with Gasteiger partial charge in [-0.2, -0.15) is 5.10 Å². The van der Waals surface area contributed by atoms with Crippen molar-refractivity contribution in [3.63, 3.8) is 0 Å². The van der Waals surface area contributed by atoms with Gasteiger partial charge in [-0.3, -0.25) is 4.68 Å². The molecule has 0 atom stereocenters. The normalized spacial score (nSPS) is 11.5. The van der Waals surface area contributed by atoms with Crippen LogP contribution in [0.1, 0.15) is 34.6 Å². The summed E-state index contributed by atoms with van der Waals surface area (Å²) in [4.78, 5) is 25.6. The highest BCUT2D eigenvalue weighted by Crippen LogP contribution is 2.32. The Labute approximate surface area is 237 Å². The summed E-state index contributed by atoms with van der Waals surface area (Å²) < 4.78 is 22.6. The molecule has 0 saturated heterocycles. The molecule has 41 heavy (non-hydrogen) atoms. The first-order chi connectivity index (χ1) is 19.5. The van der Waals surface area contributed by atoms with Crippen LogP contribution in [0.3, 0.4) is 0 Å². The second kappa shape index (κ2) is 11.2. The number of aromatic nitrogens is 5. The number of fused-ring (bicyclic) bond motifs is 1. The average molecular weight is 555 g/mol. The van der Waals surface area contributed by atoms with Crippen molar-refractivity contribution >= 4 is 34.1 Å². The molecule has 0 fully saturated rings. The molecule has 0 radical (unpaired) electrons. The Bertz CT molecular complexity index is 1710. The average Bonchev–Trinajstić information content (AvgIpc) is 3.34. The lowest BCUT2D eigenvalue weighted by atomic mass is 10.1. The minimum Gasteiger partial charge on any atom is -0.457 e. The van der Waals surface area contributed by atoms with Gasteiger partial charge in [0.1, 0.15) is 35.2 Å². The SMILES string of the molecule is CC(C)Nc1cc(Oc2ccc(NC(=O)Nc3cn(C(C)(C)C)nc3-c3ccc4ncncc4c3)c(F)c2)ccn1. The van der Waals surface area contributed by atoms with Crippen LogP contribution in [0.4, 0.5) is 26.4 Å². The van der Waals surface area contributed by atoms with E-state index in [4.69, 9.17) is 9.84 Å². The van der Waals surface area contributed by atoms with Crippen molar-refractivity contribution < 1.29 is 13.9 Å². The van der Waals surface area contributed by atoms with E-state index in [1.165, 1.54) is 18.5 Å². The third-order valence-corrected chi connectivity index (χ3v) is 6.02. The molecule has 2 amide bonds. The number of pyridine rings is 1. The van der Waals surface area contributed by atoms with Gasteiger partial charge in [0.15, 0.2) is 0 Å². The van der Waals surface area contributed by atoms with Crippen molar-refractivity contribution in [1.82, 2.24) is 24.7 Å². The molecule has 10 nitrogen and oxygen atoms in total. The predicted molar refractivity (Wildman–Crippen MR) is 158 cm³/mol. The van der Waals surface area contributed by atoms with Crippen molar-refractivity contribution in [3.05, 3.63) is 79.3 Å². The summed E-state index contributed by atoms with van der Waals surface area (Å²) in [5, 5.41) is 14.2. The van der Waals surface area contributed by atoms with E-state index in [1.54, 1.807) is 41.5 Å². The highest BCUT2D eigenvalue weighted by atomic mass is 19.1. The first-order valence-electron chi connectivity index (χ1n) is 13.1. The van der Waals surface area contributed by atoms with Gasteiger partial charge in [-0.05, 0) is 65.0 Å². The zero-order valence-electron chi connectivity index (χ0n) is 23.4. The third-order valence-electron chi connectivity index (χ3n) is 6.02. The van der Waals surface area contributed by atoms with Crippen LogP contribution in [0.15, 0.2) is 73.4 Å². The van der Waals surface area contributed by atoms with Gasteiger partial charge in [0.25, 0.3) is 0 Å². The number of hydrogen-bond donors (Lipinski definition) is 3. The molecule has 0 bridgehead atoms. The minimum atomic E-state index is -0.646. The van der Waals surface area contributed by atoms with Crippen LogP contribution in [0, 0.1) is 5.82 Å². The molecule has 2 aromatic carbocycles. The summed E-state index contributed by atoms with van der Waals surface area (Å²) in [7, 11) is 0. The smallest absolute Gasteiger partial charge is 0.323 e. The molecule has 0 aliphatic heterocycles. The van der Waals surface area contributed by atoms with E-state index in [-0.39, 0.29) is 23.0 Å². The number of urea groups is 1. The number of rotatable bonds is 7. The van der Waals surface area contributed by atoms with E-state index in [9.17, 15) is 9.18 Å². The quantitative estimate of drug-likeness (QED) is 0.197. The van der Waals surface area contributed by atoms with Crippen molar-refractivity contribution in [2.24, 2.45) is 0 Å². The van der Waals surface area contributed by atoms with Gasteiger partial charge in [-0.25, -0.2) is 24.1 Å². The van der Waals surface area contributed by atoms with E-state index >= 15 is 0 Å². The number of halogens is 1. The first kappa shape index (κ1) is 27.5. The van der Waals surface area contributed by atoms with Crippen LogP contribution < -0.4 is 20.7 Å². The van der Waals surface area contributed by atoms with Gasteiger partial charge in [-0.15, -0.1) is 0 Å². The zero-order valence-corrected chi connectivity index (χ0v) is 23.4. The fourth-order valence-electron chi connectivity index (χ4n) is 4.08. The number of carbonyl (C=O) groups excluding carboxylic acids is 1.